The average Bonchev–Trinajstić information content (AvgIpc) is 2.45. The standard InChI is InChI=1S/C15H17FN2O2/c1-10(13-4-3-12(16)8-14(13)19)18-9-11-5-6-17-15(7-11)20-2/h3-8,10,18-19H,9H2,1-2H3. The van der Waals surface area contributed by atoms with Crippen molar-refractivity contribution in [3.63, 3.8) is 0 Å². The third-order valence-corrected chi connectivity index (χ3v) is 3.08. The van der Waals surface area contributed by atoms with Crippen LogP contribution in [0.1, 0.15) is 24.1 Å². The van der Waals surface area contributed by atoms with Gasteiger partial charge in [-0.15, -0.1) is 0 Å². The van der Waals surface area contributed by atoms with Crippen LogP contribution in [-0.2, 0) is 6.54 Å². The monoisotopic (exact) mass is 276 g/mol. The first-order valence-corrected chi connectivity index (χ1v) is 6.31. The summed E-state index contributed by atoms with van der Waals surface area (Å²) in [5.74, 6) is 0.0659. The fourth-order valence-corrected chi connectivity index (χ4v) is 1.94. The number of methoxy groups -OCH3 is 1. The maximum Gasteiger partial charge on any atom is 0.213 e. The molecule has 0 saturated carbocycles. The molecule has 0 saturated heterocycles. The second-order valence-corrected chi connectivity index (χ2v) is 4.51. The molecule has 1 atom stereocenters. The molecule has 0 aliphatic rings. The van der Waals surface area contributed by atoms with Gasteiger partial charge >= 0.3 is 0 Å². The zero-order valence-corrected chi connectivity index (χ0v) is 11.4. The van der Waals surface area contributed by atoms with Gasteiger partial charge in [0, 0.05) is 36.5 Å². The summed E-state index contributed by atoms with van der Waals surface area (Å²) in [5, 5.41) is 13.0. The first-order chi connectivity index (χ1) is 9.60. The van der Waals surface area contributed by atoms with E-state index in [9.17, 15) is 9.50 Å². The van der Waals surface area contributed by atoms with Gasteiger partial charge in [0.2, 0.25) is 5.88 Å². The number of halogens is 1. The van der Waals surface area contributed by atoms with Gasteiger partial charge in [0.15, 0.2) is 0 Å². The highest BCUT2D eigenvalue weighted by molar-refractivity contribution is 5.35. The van der Waals surface area contributed by atoms with Crippen LogP contribution in [0.2, 0.25) is 0 Å². The van der Waals surface area contributed by atoms with Crippen molar-refractivity contribution in [3.8, 4) is 11.6 Å². The first kappa shape index (κ1) is 14.3. The summed E-state index contributed by atoms with van der Waals surface area (Å²) in [6.07, 6.45) is 1.68. The number of benzene rings is 1. The molecule has 2 N–H and O–H groups in total. The van der Waals surface area contributed by atoms with Crippen LogP contribution in [-0.4, -0.2) is 17.2 Å². The van der Waals surface area contributed by atoms with Crippen LogP contribution in [0.25, 0.3) is 0 Å². The highest BCUT2D eigenvalue weighted by Crippen LogP contribution is 2.25. The number of ether oxygens (including phenoxy) is 1. The quantitative estimate of drug-likeness (QED) is 0.881. The number of phenols is 1. The summed E-state index contributed by atoms with van der Waals surface area (Å²) in [6, 6.07) is 7.65. The highest BCUT2D eigenvalue weighted by Gasteiger charge is 2.10. The maximum atomic E-state index is 12.9. The minimum Gasteiger partial charge on any atom is -0.508 e. The lowest BCUT2D eigenvalue weighted by atomic mass is 10.1. The van der Waals surface area contributed by atoms with Gasteiger partial charge in [0.25, 0.3) is 0 Å². The largest absolute Gasteiger partial charge is 0.508 e. The van der Waals surface area contributed by atoms with Crippen LogP contribution in [0, 0.1) is 5.82 Å². The second kappa shape index (κ2) is 6.34. The molecule has 2 rings (SSSR count). The minimum atomic E-state index is -0.447. The van der Waals surface area contributed by atoms with Crippen LogP contribution in [0.4, 0.5) is 4.39 Å². The summed E-state index contributed by atoms with van der Waals surface area (Å²) < 4.78 is 18.0. The molecule has 0 aliphatic heterocycles. The van der Waals surface area contributed by atoms with E-state index in [-0.39, 0.29) is 11.8 Å². The maximum absolute atomic E-state index is 12.9. The molecule has 0 spiro atoms. The summed E-state index contributed by atoms with van der Waals surface area (Å²) in [5.41, 5.74) is 1.68. The number of nitrogens with zero attached hydrogens (tertiary/aromatic N) is 1. The van der Waals surface area contributed by atoms with E-state index in [0.29, 0.717) is 18.0 Å². The van der Waals surface area contributed by atoms with Crippen LogP contribution < -0.4 is 10.1 Å². The van der Waals surface area contributed by atoms with Gasteiger partial charge in [-0.05, 0) is 24.6 Å². The molecule has 0 aliphatic carbocycles. The van der Waals surface area contributed by atoms with Crippen molar-refractivity contribution >= 4 is 0 Å². The Bertz CT molecular complexity index is 590. The number of hydrogen-bond acceptors (Lipinski definition) is 4. The zero-order chi connectivity index (χ0) is 14.5. The summed E-state index contributed by atoms with van der Waals surface area (Å²) in [7, 11) is 1.57. The Kier molecular flexibility index (Phi) is 4.53. The lowest BCUT2D eigenvalue weighted by Crippen LogP contribution is -2.18. The SMILES string of the molecule is COc1cc(CNC(C)c2ccc(F)cc2O)ccn1. The number of hydrogen-bond donors (Lipinski definition) is 2. The van der Waals surface area contributed by atoms with Gasteiger partial charge in [-0.2, -0.15) is 0 Å². The van der Waals surface area contributed by atoms with Crippen molar-refractivity contribution in [1.29, 1.82) is 0 Å². The van der Waals surface area contributed by atoms with E-state index in [2.05, 4.69) is 10.3 Å². The molecule has 2 aromatic rings. The molecule has 5 heteroatoms. The Morgan fingerprint density at radius 1 is 1.35 bits per heavy atom. The van der Waals surface area contributed by atoms with E-state index in [1.54, 1.807) is 19.4 Å². The normalized spacial score (nSPS) is 12.2. The number of pyridine rings is 1. The zero-order valence-electron chi connectivity index (χ0n) is 11.4. The Hall–Kier alpha value is -2.14. The van der Waals surface area contributed by atoms with Gasteiger partial charge in [-0.25, -0.2) is 9.37 Å². The molecule has 1 unspecified atom stereocenters. The van der Waals surface area contributed by atoms with Crippen LogP contribution in [0.5, 0.6) is 11.6 Å². The fourth-order valence-electron chi connectivity index (χ4n) is 1.94. The second-order valence-electron chi connectivity index (χ2n) is 4.51. The molecule has 20 heavy (non-hydrogen) atoms. The van der Waals surface area contributed by atoms with Crippen molar-refractivity contribution in [1.82, 2.24) is 10.3 Å². The molecule has 106 valence electrons. The molecule has 1 aromatic carbocycles. The molecule has 1 heterocycles. The number of phenolic OH excluding ortho intramolecular Hbond substituents is 1. The van der Waals surface area contributed by atoms with E-state index in [1.165, 1.54) is 6.07 Å². The van der Waals surface area contributed by atoms with Gasteiger partial charge in [0.05, 0.1) is 7.11 Å². The molecule has 0 amide bonds. The smallest absolute Gasteiger partial charge is 0.213 e. The molecule has 0 bridgehead atoms. The van der Waals surface area contributed by atoms with Crippen LogP contribution >= 0.6 is 0 Å². The van der Waals surface area contributed by atoms with Crippen LogP contribution in [0.3, 0.4) is 0 Å². The number of aromatic hydroxyl groups is 1. The predicted octanol–water partition coefficient (Wildman–Crippen LogP) is 2.79. The third kappa shape index (κ3) is 3.45. The van der Waals surface area contributed by atoms with Crippen molar-refractivity contribution in [2.24, 2.45) is 0 Å². The third-order valence-electron chi connectivity index (χ3n) is 3.08. The number of rotatable bonds is 5. The summed E-state index contributed by atoms with van der Waals surface area (Å²) >= 11 is 0. The van der Waals surface area contributed by atoms with Crippen molar-refractivity contribution in [3.05, 3.63) is 53.5 Å². The van der Waals surface area contributed by atoms with E-state index < -0.39 is 5.82 Å². The minimum absolute atomic E-state index is 0.0442. The molecular weight excluding hydrogens is 259 g/mol. The lowest BCUT2D eigenvalue weighted by Gasteiger charge is -2.16. The van der Waals surface area contributed by atoms with Gasteiger partial charge < -0.3 is 15.2 Å². The average molecular weight is 276 g/mol. The summed E-state index contributed by atoms with van der Waals surface area (Å²) in [6.45, 7) is 2.50. The molecular formula is C15H17FN2O2. The molecule has 4 nitrogen and oxygen atoms in total. The van der Waals surface area contributed by atoms with Gasteiger partial charge in [0.1, 0.15) is 11.6 Å². The lowest BCUT2D eigenvalue weighted by molar-refractivity contribution is 0.396. The van der Waals surface area contributed by atoms with E-state index >= 15 is 0 Å². The Balaban J connectivity index is 2.02. The van der Waals surface area contributed by atoms with E-state index in [1.807, 2.05) is 19.1 Å². The topological polar surface area (TPSA) is 54.4 Å². The van der Waals surface area contributed by atoms with E-state index in [4.69, 9.17) is 4.74 Å². The predicted molar refractivity (Wildman–Crippen MR) is 74.1 cm³/mol. The fraction of sp³-hybridized carbons (Fsp3) is 0.267. The Morgan fingerprint density at radius 3 is 2.85 bits per heavy atom. The molecule has 0 radical (unpaired) electrons. The van der Waals surface area contributed by atoms with E-state index in [0.717, 1.165) is 11.6 Å². The first-order valence-electron chi connectivity index (χ1n) is 6.31. The van der Waals surface area contributed by atoms with Gasteiger partial charge in [-0.3, -0.25) is 0 Å². The highest BCUT2D eigenvalue weighted by atomic mass is 19.1. The Morgan fingerprint density at radius 2 is 2.15 bits per heavy atom. The number of nitrogens with one attached hydrogen (secondary N) is 1. The summed E-state index contributed by atoms with van der Waals surface area (Å²) in [4.78, 5) is 4.04. The van der Waals surface area contributed by atoms with Crippen molar-refractivity contribution < 1.29 is 14.2 Å². The Labute approximate surface area is 117 Å². The van der Waals surface area contributed by atoms with Crippen molar-refractivity contribution in [2.75, 3.05) is 7.11 Å². The molecule has 1 aromatic heterocycles. The molecule has 0 fully saturated rings. The van der Waals surface area contributed by atoms with Gasteiger partial charge in [-0.1, -0.05) is 6.07 Å². The van der Waals surface area contributed by atoms with Crippen LogP contribution in [0.15, 0.2) is 36.5 Å². The number of aromatic nitrogens is 1. The van der Waals surface area contributed by atoms with Crippen molar-refractivity contribution in [2.45, 2.75) is 19.5 Å².